The second-order valence-electron chi connectivity index (χ2n) is 8.95. The quantitative estimate of drug-likeness (QED) is 0.144. The molecule has 4 unspecified atom stereocenters. The van der Waals surface area contributed by atoms with Gasteiger partial charge in [0.25, 0.3) is 0 Å². The van der Waals surface area contributed by atoms with Crippen molar-refractivity contribution in [3.05, 3.63) is 29.8 Å². The Kier molecular flexibility index (Phi) is 13.5. The van der Waals surface area contributed by atoms with Crippen molar-refractivity contribution in [3.8, 4) is 5.75 Å². The number of phenols is 1. The lowest BCUT2D eigenvalue weighted by atomic mass is 10.0. The molecule has 0 heterocycles. The molecular formula is C24H37N5O7S. The van der Waals surface area contributed by atoms with Gasteiger partial charge in [0.05, 0.1) is 6.04 Å². The molecule has 13 heteroatoms. The third-order valence-electron chi connectivity index (χ3n) is 5.51. The molecule has 1 aromatic rings. The number of carboxylic acid groups (broad SMARTS) is 1. The monoisotopic (exact) mass is 539 g/mol. The van der Waals surface area contributed by atoms with Gasteiger partial charge >= 0.3 is 5.97 Å². The molecule has 0 spiro atoms. The maximum Gasteiger partial charge on any atom is 0.326 e. The number of hydrogen-bond donors (Lipinski definition) is 7. The van der Waals surface area contributed by atoms with Gasteiger partial charge in [-0.3, -0.25) is 19.2 Å². The minimum atomic E-state index is -1.22. The van der Waals surface area contributed by atoms with Crippen molar-refractivity contribution in [2.24, 2.45) is 17.4 Å². The van der Waals surface area contributed by atoms with E-state index < -0.39 is 59.7 Å². The molecule has 0 aliphatic carbocycles. The van der Waals surface area contributed by atoms with Crippen molar-refractivity contribution >= 4 is 41.4 Å². The molecule has 0 saturated heterocycles. The zero-order valence-corrected chi connectivity index (χ0v) is 22.0. The van der Waals surface area contributed by atoms with Crippen molar-refractivity contribution in [2.75, 3.05) is 12.0 Å². The second kappa shape index (κ2) is 15.7. The number of amides is 4. The maximum absolute atomic E-state index is 13.1. The van der Waals surface area contributed by atoms with Crippen LogP contribution in [0.15, 0.2) is 24.3 Å². The standard InChI is InChI=1S/C24H37N5O7S/c1-13(2)20(23(34)28-18(24(35)36)10-11-37-3)29-22(33)17(8-9-19(26)31)27-21(32)16(25)12-14-4-6-15(30)7-5-14/h4-7,13,16-18,20,30H,8-12,25H2,1-3H3,(H2,26,31)(H,27,32)(H,28,34)(H,29,33)(H,35,36). The van der Waals surface area contributed by atoms with Crippen LogP contribution in [-0.2, 0) is 30.4 Å². The van der Waals surface area contributed by atoms with E-state index in [4.69, 9.17) is 11.5 Å². The Hall–Kier alpha value is -3.32. The van der Waals surface area contributed by atoms with Crippen LogP contribution in [-0.4, -0.2) is 76.0 Å². The first kappa shape index (κ1) is 31.7. The Labute approximate surface area is 220 Å². The second-order valence-corrected chi connectivity index (χ2v) is 9.94. The zero-order chi connectivity index (χ0) is 28.1. The number of rotatable bonds is 16. The molecule has 206 valence electrons. The number of nitrogens with two attached hydrogens (primary N) is 2. The van der Waals surface area contributed by atoms with Crippen LogP contribution in [0.25, 0.3) is 0 Å². The molecule has 4 atom stereocenters. The number of aromatic hydroxyl groups is 1. The predicted molar refractivity (Wildman–Crippen MR) is 139 cm³/mol. The van der Waals surface area contributed by atoms with Gasteiger partial charge < -0.3 is 37.6 Å². The van der Waals surface area contributed by atoms with Crippen molar-refractivity contribution in [2.45, 2.75) is 63.7 Å². The van der Waals surface area contributed by atoms with Crippen LogP contribution >= 0.6 is 11.8 Å². The minimum absolute atomic E-state index is 0.0626. The fourth-order valence-electron chi connectivity index (χ4n) is 3.36. The molecule has 0 bridgehead atoms. The number of carboxylic acids is 1. The van der Waals surface area contributed by atoms with Crippen molar-refractivity contribution < 1.29 is 34.2 Å². The summed E-state index contributed by atoms with van der Waals surface area (Å²) < 4.78 is 0. The van der Waals surface area contributed by atoms with Gasteiger partial charge in [-0.25, -0.2) is 4.79 Å². The molecule has 0 fully saturated rings. The van der Waals surface area contributed by atoms with Crippen LogP contribution in [0.2, 0.25) is 0 Å². The highest BCUT2D eigenvalue weighted by Crippen LogP contribution is 2.12. The predicted octanol–water partition coefficient (Wildman–Crippen LogP) is -0.524. The van der Waals surface area contributed by atoms with E-state index in [2.05, 4.69) is 16.0 Å². The lowest BCUT2D eigenvalue weighted by Gasteiger charge is -2.27. The molecule has 9 N–H and O–H groups in total. The molecule has 4 amide bonds. The van der Waals surface area contributed by atoms with Crippen LogP contribution in [0.1, 0.15) is 38.7 Å². The number of aliphatic carboxylic acids is 1. The van der Waals surface area contributed by atoms with Gasteiger partial charge in [0.2, 0.25) is 23.6 Å². The van der Waals surface area contributed by atoms with Crippen LogP contribution in [0.4, 0.5) is 0 Å². The van der Waals surface area contributed by atoms with Gasteiger partial charge in [-0.05, 0) is 54.9 Å². The van der Waals surface area contributed by atoms with Crippen LogP contribution < -0.4 is 27.4 Å². The number of hydrogen-bond acceptors (Lipinski definition) is 8. The van der Waals surface area contributed by atoms with Crippen molar-refractivity contribution in [1.82, 2.24) is 16.0 Å². The van der Waals surface area contributed by atoms with E-state index >= 15 is 0 Å². The average Bonchev–Trinajstić information content (AvgIpc) is 2.83. The topological polar surface area (TPSA) is 214 Å². The molecule has 0 saturated carbocycles. The largest absolute Gasteiger partial charge is 0.508 e. The molecule has 37 heavy (non-hydrogen) atoms. The third kappa shape index (κ3) is 11.5. The summed E-state index contributed by atoms with van der Waals surface area (Å²) in [4.78, 5) is 61.5. The minimum Gasteiger partial charge on any atom is -0.508 e. The van der Waals surface area contributed by atoms with Gasteiger partial charge in [0.1, 0.15) is 23.9 Å². The average molecular weight is 540 g/mol. The smallest absolute Gasteiger partial charge is 0.326 e. The summed E-state index contributed by atoms with van der Waals surface area (Å²) in [7, 11) is 0. The Morgan fingerprint density at radius 3 is 2.03 bits per heavy atom. The van der Waals surface area contributed by atoms with Crippen LogP contribution in [0.3, 0.4) is 0 Å². The molecule has 0 aromatic heterocycles. The normalized spacial score (nSPS) is 14.2. The Morgan fingerprint density at radius 1 is 0.919 bits per heavy atom. The highest BCUT2D eigenvalue weighted by molar-refractivity contribution is 7.98. The summed E-state index contributed by atoms with van der Waals surface area (Å²) in [5, 5.41) is 26.3. The van der Waals surface area contributed by atoms with E-state index in [1.165, 1.54) is 23.9 Å². The van der Waals surface area contributed by atoms with Gasteiger partial charge in [-0.15, -0.1) is 0 Å². The Bertz CT molecular complexity index is 942. The molecule has 12 nitrogen and oxygen atoms in total. The number of carbonyl (C=O) groups is 5. The number of benzene rings is 1. The number of phenolic OH excluding ortho intramolecular Hbond substituents is 1. The van der Waals surface area contributed by atoms with Crippen LogP contribution in [0, 0.1) is 5.92 Å². The number of nitrogens with one attached hydrogen (secondary N) is 3. The number of carbonyl (C=O) groups excluding carboxylic acids is 4. The van der Waals surface area contributed by atoms with Gasteiger partial charge in [-0.2, -0.15) is 11.8 Å². The summed E-state index contributed by atoms with van der Waals surface area (Å²) >= 11 is 1.44. The van der Waals surface area contributed by atoms with Crippen LogP contribution in [0.5, 0.6) is 5.75 Å². The van der Waals surface area contributed by atoms with E-state index in [0.717, 1.165) is 0 Å². The van der Waals surface area contributed by atoms with E-state index in [1.807, 2.05) is 6.26 Å². The fraction of sp³-hybridized carbons (Fsp3) is 0.542. The first-order valence-electron chi connectivity index (χ1n) is 11.8. The number of primary amides is 1. The lowest BCUT2D eigenvalue weighted by molar-refractivity contribution is -0.142. The maximum atomic E-state index is 13.1. The first-order chi connectivity index (χ1) is 17.3. The Morgan fingerprint density at radius 2 is 1.51 bits per heavy atom. The number of thioether (sulfide) groups is 1. The highest BCUT2D eigenvalue weighted by Gasteiger charge is 2.32. The first-order valence-corrected chi connectivity index (χ1v) is 13.2. The molecule has 0 radical (unpaired) electrons. The molecular weight excluding hydrogens is 502 g/mol. The van der Waals surface area contributed by atoms with E-state index in [0.29, 0.717) is 11.3 Å². The summed E-state index contributed by atoms with van der Waals surface area (Å²) in [6, 6.07) is 1.65. The molecule has 0 aliphatic rings. The molecule has 1 aromatic carbocycles. The van der Waals surface area contributed by atoms with E-state index in [1.54, 1.807) is 26.0 Å². The summed E-state index contributed by atoms with van der Waals surface area (Å²) in [5.74, 6) is -3.79. The van der Waals surface area contributed by atoms with Crippen molar-refractivity contribution in [1.29, 1.82) is 0 Å². The zero-order valence-electron chi connectivity index (χ0n) is 21.2. The highest BCUT2D eigenvalue weighted by atomic mass is 32.2. The van der Waals surface area contributed by atoms with E-state index in [-0.39, 0.29) is 31.4 Å². The third-order valence-corrected chi connectivity index (χ3v) is 6.16. The van der Waals surface area contributed by atoms with Gasteiger partial charge in [-0.1, -0.05) is 26.0 Å². The molecule has 0 aliphatic heterocycles. The summed E-state index contributed by atoms with van der Waals surface area (Å²) in [6.07, 6.45) is 1.81. The van der Waals surface area contributed by atoms with Gasteiger partial charge in [0.15, 0.2) is 0 Å². The lowest BCUT2D eigenvalue weighted by Crippen LogP contribution is -2.58. The summed E-state index contributed by atoms with van der Waals surface area (Å²) in [5.41, 5.74) is 11.9. The fourth-order valence-corrected chi connectivity index (χ4v) is 3.83. The van der Waals surface area contributed by atoms with E-state index in [9.17, 15) is 34.2 Å². The molecule has 1 rings (SSSR count). The van der Waals surface area contributed by atoms with Gasteiger partial charge in [0, 0.05) is 6.42 Å². The Balaban J connectivity index is 2.95. The summed E-state index contributed by atoms with van der Waals surface area (Å²) in [6.45, 7) is 3.35. The SMILES string of the molecule is CSCCC(NC(=O)C(NC(=O)C(CCC(N)=O)NC(=O)C(N)Cc1ccc(O)cc1)C(C)C)C(=O)O. The van der Waals surface area contributed by atoms with Crippen molar-refractivity contribution in [3.63, 3.8) is 0 Å².